The molecule has 0 unspecified atom stereocenters. The van der Waals surface area contributed by atoms with E-state index in [1.165, 1.54) is 23.1 Å². The zero-order valence-electron chi connectivity index (χ0n) is 17.2. The maximum absolute atomic E-state index is 13.0. The topological polar surface area (TPSA) is 81.9 Å². The number of nitro groups is 1. The molecular formula is C22H22N2O5S2. The van der Waals surface area contributed by atoms with E-state index < -0.39 is 4.92 Å². The number of nitrogens with zero attached hydrogens (tertiary/aromatic N) is 2. The van der Waals surface area contributed by atoms with Crippen molar-refractivity contribution in [1.29, 1.82) is 0 Å². The molecule has 0 bridgehead atoms. The van der Waals surface area contributed by atoms with Crippen molar-refractivity contribution in [2.45, 2.75) is 26.7 Å². The standard InChI is InChI=1S/C22H22N2O5S2/c1-3-5-11-29-18-10-9-15(12-19(18)28-4-2)13-20-21(25)23(22(30)31-20)16-7-6-8-17(14-16)24(26)27/h6-10,12-14H,3-5,11H2,1-2H3/b20-13+. The summed E-state index contributed by atoms with van der Waals surface area (Å²) < 4.78 is 11.8. The summed E-state index contributed by atoms with van der Waals surface area (Å²) in [6, 6.07) is 11.4. The predicted octanol–water partition coefficient (Wildman–Crippen LogP) is 5.58. The maximum atomic E-state index is 13.0. The number of non-ortho nitro benzene ring substituents is 1. The van der Waals surface area contributed by atoms with Gasteiger partial charge in [0.1, 0.15) is 0 Å². The van der Waals surface area contributed by atoms with Crippen LogP contribution in [0.25, 0.3) is 6.08 Å². The summed E-state index contributed by atoms with van der Waals surface area (Å²) in [5, 5.41) is 11.1. The lowest BCUT2D eigenvalue weighted by atomic mass is 10.1. The number of hydrogen-bond acceptors (Lipinski definition) is 7. The van der Waals surface area contributed by atoms with Gasteiger partial charge in [-0.2, -0.15) is 0 Å². The first-order valence-corrected chi connectivity index (χ1v) is 11.1. The normalized spacial score (nSPS) is 14.9. The van der Waals surface area contributed by atoms with Crippen LogP contribution in [-0.2, 0) is 4.79 Å². The number of thioether (sulfide) groups is 1. The summed E-state index contributed by atoms with van der Waals surface area (Å²) in [4.78, 5) is 25.3. The molecule has 0 N–H and O–H groups in total. The fraction of sp³-hybridized carbons (Fsp3) is 0.273. The molecular weight excluding hydrogens is 436 g/mol. The first-order valence-electron chi connectivity index (χ1n) is 9.86. The molecule has 3 rings (SSSR count). The first-order chi connectivity index (χ1) is 14.9. The van der Waals surface area contributed by atoms with Crippen LogP contribution in [0.1, 0.15) is 32.3 Å². The molecule has 0 aromatic heterocycles. The highest BCUT2D eigenvalue weighted by Crippen LogP contribution is 2.38. The SMILES string of the molecule is CCCCOc1ccc(/C=C2/SC(=S)N(c3cccc([N+](=O)[O-])c3)C2=O)cc1OCC. The van der Waals surface area contributed by atoms with Crippen molar-refractivity contribution in [3.8, 4) is 11.5 Å². The van der Waals surface area contributed by atoms with E-state index in [0.29, 0.717) is 39.6 Å². The van der Waals surface area contributed by atoms with Crippen LogP contribution < -0.4 is 14.4 Å². The Morgan fingerprint density at radius 3 is 2.68 bits per heavy atom. The lowest BCUT2D eigenvalue weighted by molar-refractivity contribution is -0.384. The number of anilines is 1. The number of hydrogen-bond donors (Lipinski definition) is 0. The largest absolute Gasteiger partial charge is 0.490 e. The monoisotopic (exact) mass is 458 g/mol. The maximum Gasteiger partial charge on any atom is 0.271 e. The quantitative estimate of drug-likeness (QED) is 0.160. The molecule has 1 fully saturated rings. The summed E-state index contributed by atoms with van der Waals surface area (Å²) in [6.07, 6.45) is 3.72. The Morgan fingerprint density at radius 2 is 1.97 bits per heavy atom. The third-order valence-electron chi connectivity index (χ3n) is 4.41. The van der Waals surface area contributed by atoms with E-state index in [1.54, 1.807) is 12.1 Å². The van der Waals surface area contributed by atoms with Crippen LogP contribution >= 0.6 is 24.0 Å². The average Bonchev–Trinajstić information content (AvgIpc) is 3.03. The van der Waals surface area contributed by atoms with Crippen LogP contribution in [0.5, 0.6) is 11.5 Å². The number of thiocarbonyl (C=S) groups is 1. The Hall–Kier alpha value is -2.91. The summed E-state index contributed by atoms with van der Waals surface area (Å²) in [6.45, 7) is 5.09. The zero-order valence-corrected chi connectivity index (χ0v) is 18.8. The second-order valence-corrected chi connectivity index (χ2v) is 8.31. The molecule has 1 aliphatic heterocycles. The minimum Gasteiger partial charge on any atom is -0.490 e. The molecule has 1 heterocycles. The highest BCUT2D eigenvalue weighted by molar-refractivity contribution is 8.27. The van der Waals surface area contributed by atoms with Crippen molar-refractivity contribution >= 4 is 51.7 Å². The van der Waals surface area contributed by atoms with E-state index in [2.05, 4.69) is 6.92 Å². The molecule has 1 aliphatic rings. The number of ether oxygens (including phenoxy) is 2. The molecule has 2 aromatic rings. The van der Waals surface area contributed by atoms with Crippen molar-refractivity contribution in [2.75, 3.05) is 18.1 Å². The van der Waals surface area contributed by atoms with Gasteiger partial charge in [-0.05, 0) is 43.2 Å². The Bertz CT molecular complexity index is 1040. The molecule has 162 valence electrons. The lowest BCUT2D eigenvalue weighted by Crippen LogP contribution is -2.27. The second kappa shape index (κ2) is 10.4. The molecule has 31 heavy (non-hydrogen) atoms. The highest BCUT2D eigenvalue weighted by Gasteiger charge is 2.34. The Labute approximate surface area is 190 Å². The summed E-state index contributed by atoms with van der Waals surface area (Å²) in [7, 11) is 0. The molecule has 0 atom stereocenters. The van der Waals surface area contributed by atoms with Gasteiger partial charge in [-0.15, -0.1) is 0 Å². The summed E-state index contributed by atoms with van der Waals surface area (Å²) >= 11 is 6.51. The van der Waals surface area contributed by atoms with Crippen LogP contribution in [0.15, 0.2) is 47.4 Å². The van der Waals surface area contributed by atoms with Gasteiger partial charge in [0.25, 0.3) is 11.6 Å². The number of nitro benzene ring substituents is 1. The Morgan fingerprint density at radius 1 is 1.16 bits per heavy atom. The first kappa shape index (κ1) is 22.8. The molecule has 7 nitrogen and oxygen atoms in total. The number of carbonyl (C=O) groups is 1. The number of carbonyl (C=O) groups excluding carboxylic acids is 1. The Kier molecular flexibility index (Phi) is 7.64. The van der Waals surface area contributed by atoms with Crippen molar-refractivity contribution in [2.24, 2.45) is 0 Å². The molecule has 0 aliphatic carbocycles. The number of rotatable bonds is 9. The third kappa shape index (κ3) is 5.42. The van der Waals surface area contributed by atoms with Gasteiger partial charge in [0.2, 0.25) is 0 Å². The van der Waals surface area contributed by atoms with Crippen molar-refractivity contribution < 1.29 is 19.2 Å². The van der Waals surface area contributed by atoms with Gasteiger partial charge < -0.3 is 9.47 Å². The van der Waals surface area contributed by atoms with Gasteiger partial charge >= 0.3 is 0 Å². The van der Waals surface area contributed by atoms with Gasteiger partial charge in [0.05, 0.1) is 28.7 Å². The summed E-state index contributed by atoms with van der Waals surface area (Å²) in [5.41, 5.74) is 1.04. The second-order valence-electron chi connectivity index (χ2n) is 6.64. The summed E-state index contributed by atoms with van der Waals surface area (Å²) in [5.74, 6) is 0.954. The molecule has 0 radical (unpaired) electrons. The zero-order chi connectivity index (χ0) is 22.4. The van der Waals surface area contributed by atoms with Crippen molar-refractivity contribution in [3.05, 3.63) is 63.0 Å². The third-order valence-corrected chi connectivity index (χ3v) is 5.72. The van der Waals surface area contributed by atoms with Crippen LogP contribution in [0.2, 0.25) is 0 Å². The Balaban J connectivity index is 1.86. The molecule has 9 heteroatoms. The van der Waals surface area contributed by atoms with Crippen molar-refractivity contribution in [1.82, 2.24) is 0 Å². The van der Waals surface area contributed by atoms with Gasteiger partial charge in [0.15, 0.2) is 15.8 Å². The fourth-order valence-electron chi connectivity index (χ4n) is 2.92. The van der Waals surface area contributed by atoms with E-state index in [-0.39, 0.29) is 11.6 Å². The molecule has 0 spiro atoms. The number of unbranched alkanes of at least 4 members (excludes halogenated alkanes) is 1. The molecule has 2 aromatic carbocycles. The van der Waals surface area contributed by atoms with E-state index >= 15 is 0 Å². The lowest BCUT2D eigenvalue weighted by Gasteiger charge is -2.14. The van der Waals surface area contributed by atoms with Gasteiger partial charge in [0, 0.05) is 12.1 Å². The number of benzene rings is 2. The van der Waals surface area contributed by atoms with E-state index in [9.17, 15) is 14.9 Å². The van der Waals surface area contributed by atoms with Crippen LogP contribution in [0.4, 0.5) is 11.4 Å². The van der Waals surface area contributed by atoms with Gasteiger partial charge in [-0.3, -0.25) is 19.8 Å². The minimum atomic E-state index is -0.504. The van der Waals surface area contributed by atoms with Gasteiger partial charge in [-0.25, -0.2) is 0 Å². The predicted molar refractivity (Wildman–Crippen MR) is 127 cm³/mol. The van der Waals surface area contributed by atoms with Crippen molar-refractivity contribution in [3.63, 3.8) is 0 Å². The molecule has 0 saturated carbocycles. The van der Waals surface area contributed by atoms with Crippen LogP contribution in [0, 0.1) is 10.1 Å². The number of amides is 1. The minimum absolute atomic E-state index is 0.101. The van der Waals surface area contributed by atoms with E-state index in [1.807, 2.05) is 25.1 Å². The van der Waals surface area contributed by atoms with Crippen LogP contribution in [-0.4, -0.2) is 28.4 Å². The highest BCUT2D eigenvalue weighted by atomic mass is 32.2. The smallest absolute Gasteiger partial charge is 0.271 e. The average molecular weight is 459 g/mol. The fourth-order valence-corrected chi connectivity index (χ4v) is 4.21. The molecule has 1 saturated heterocycles. The van der Waals surface area contributed by atoms with E-state index in [0.717, 1.165) is 30.2 Å². The van der Waals surface area contributed by atoms with Gasteiger partial charge in [-0.1, -0.05) is 49.5 Å². The molecule has 1 amide bonds. The van der Waals surface area contributed by atoms with Crippen LogP contribution in [0.3, 0.4) is 0 Å². The van der Waals surface area contributed by atoms with E-state index in [4.69, 9.17) is 21.7 Å².